The normalized spacial score (nSPS) is 10.0. The third-order valence-electron chi connectivity index (χ3n) is 2.00. The standard InChI is InChI=1S/C12H7ClFNO2/c13-11-4-9(1-2-12(11)14)17-10-3-8(7-16)5-15-6-10/h1-7H. The molecule has 0 atom stereocenters. The molecule has 0 aliphatic rings. The first kappa shape index (κ1) is 11.5. The summed E-state index contributed by atoms with van der Waals surface area (Å²) in [5.41, 5.74) is 0.399. The van der Waals surface area contributed by atoms with Crippen LogP contribution in [0.25, 0.3) is 0 Å². The Morgan fingerprint density at radius 3 is 2.76 bits per heavy atom. The number of hydrogen-bond donors (Lipinski definition) is 0. The van der Waals surface area contributed by atoms with Gasteiger partial charge in [0.25, 0.3) is 0 Å². The Bertz CT molecular complexity index is 560. The van der Waals surface area contributed by atoms with Gasteiger partial charge in [-0.1, -0.05) is 11.6 Å². The van der Waals surface area contributed by atoms with E-state index in [0.29, 0.717) is 23.3 Å². The molecule has 0 aliphatic heterocycles. The summed E-state index contributed by atoms with van der Waals surface area (Å²) in [6.45, 7) is 0. The summed E-state index contributed by atoms with van der Waals surface area (Å²) in [4.78, 5) is 14.4. The lowest BCUT2D eigenvalue weighted by atomic mass is 10.3. The summed E-state index contributed by atoms with van der Waals surface area (Å²) in [5, 5.41) is -0.0259. The third kappa shape index (κ3) is 2.79. The summed E-state index contributed by atoms with van der Waals surface area (Å²) >= 11 is 5.61. The molecule has 0 saturated heterocycles. The first-order valence-electron chi connectivity index (χ1n) is 4.72. The number of aromatic nitrogens is 1. The fourth-order valence-electron chi connectivity index (χ4n) is 1.23. The number of aldehydes is 1. The molecule has 0 amide bonds. The number of carbonyl (C=O) groups is 1. The van der Waals surface area contributed by atoms with Gasteiger partial charge in [-0.25, -0.2) is 4.39 Å². The fourth-order valence-corrected chi connectivity index (χ4v) is 1.40. The first-order valence-corrected chi connectivity index (χ1v) is 5.10. The van der Waals surface area contributed by atoms with E-state index in [-0.39, 0.29) is 5.02 Å². The summed E-state index contributed by atoms with van der Waals surface area (Å²) in [6.07, 6.45) is 3.53. The first-order chi connectivity index (χ1) is 8.19. The minimum absolute atomic E-state index is 0.0259. The number of hydrogen-bond acceptors (Lipinski definition) is 3. The molecule has 0 bridgehead atoms. The Balaban J connectivity index is 2.24. The van der Waals surface area contributed by atoms with Crippen LogP contribution in [0.1, 0.15) is 10.4 Å². The topological polar surface area (TPSA) is 39.2 Å². The average molecular weight is 252 g/mol. The number of rotatable bonds is 3. The number of benzene rings is 1. The maximum Gasteiger partial charge on any atom is 0.151 e. The van der Waals surface area contributed by atoms with Crippen LogP contribution in [-0.2, 0) is 0 Å². The minimum Gasteiger partial charge on any atom is -0.456 e. The van der Waals surface area contributed by atoms with Gasteiger partial charge in [0, 0.05) is 17.8 Å². The molecule has 0 radical (unpaired) electrons. The van der Waals surface area contributed by atoms with Crippen LogP contribution in [0.2, 0.25) is 5.02 Å². The molecule has 5 heteroatoms. The molecule has 0 aliphatic carbocycles. The number of carbonyl (C=O) groups excluding carboxylic acids is 1. The van der Waals surface area contributed by atoms with Gasteiger partial charge in [-0.15, -0.1) is 0 Å². The quantitative estimate of drug-likeness (QED) is 0.784. The smallest absolute Gasteiger partial charge is 0.151 e. The van der Waals surface area contributed by atoms with Gasteiger partial charge >= 0.3 is 0 Å². The van der Waals surface area contributed by atoms with E-state index in [1.165, 1.54) is 36.7 Å². The zero-order valence-corrected chi connectivity index (χ0v) is 9.32. The lowest BCUT2D eigenvalue weighted by molar-refractivity contribution is 0.112. The molecule has 86 valence electrons. The van der Waals surface area contributed by atoms with E-state index >= 15 is 0 Å². The van der Waals surface area contributed by atoms with Crippen LogP contribution >= 0.6 is 11.6 Å². The van der Waals surface area contributed by atoms with Crippen molar-refractivity contribution in [3.63, 3.8) is 0 Å². The lowest BCUT2D eigenvalue weighted by Gasteiger charge is -2.05. The second-order valence-electron chi connectivity index (χ2n) is 3.25. The van der Waals surface area contributed by atoms with Crippen molar-refractivity contribution >= 4 is 17.9 Å². The lowest BCUT2D eigenvalue weighted by Crippen LogP contribution is -1.89. The third-order valence-corrected chi connectivity index (χ3v) is 2.29. The largest absolute Gasteiger partial charge is 0.456 e. The molecule has 2 rings (SSSR count). The highest BCUT2D eigenvalue weighted by atomic mass is 35.5. The molecule has 0 spiro atoms. The van der Waals surface area contributed by atoms with Gasteiger partial charge < -0.3 is 4.74 Å². The van der Waals surface area contributed by atoms with Gasteiger partial charge in [-0.2, -0.15) is 0 Å². The summed E-state index contributed by atoms with van der Waals surface area (Å²) in [6, 6.07) is 5.52. The molecule has 0 N–H and O–H groups in total. The molecule has 0 fully saturated rings. The van der Waals surface area contributed by atoms with E-state index in [1.807, 2.05) is 0 Å². The van der Waals surface area contributed by atoms with Crippen molar-refractivity contribution in [2.75, 3.05) is 0 Å². The highest BCUT2D eigenvalue weighted by Gasteiger charge is 2.03. The number of halogens is 2. The fraction of sp³-hybridized carbons (Fsp3) is 0. The predicted molar refractivity (Wildman–Crippen MR) is 61.1 cm³/mol. The molecule has 0 saturated carbocycles. The summed E-state index contributed by atoms with van der Waals surface area (Å²) in [5.74, 6) is 0.248. The number of nitrogens with zero attached hydrogens (tertiary/aromatic N) is 1. The monoisotopic (exact) mass is 251 g/mol. The molecule has 1 aromatic carbocycles. The minimum atomic E-state index is -0.515. The second kappa shape index (κ2) is 4.93. The second-order valence-corrected chi connectivity index (χ2v) is 3.66. The van der Waals surface area contributed by atoms with Crippen LogP contribution < -0.4 is 4.74 Å². The Hall–Kier alpha value is -1.94. The van der Waals surface area contributed by atoms with Crippen molar-refractivity contribution in [2.45, 2.75) is 0 Å². The van der Waals surface area contributed by atoms with Crippen molar-refractivity contribution < 1.29 is 13.9 Å². The molecule has 1 aromatic heterocycles. The van der Waals surface area contributed by atoms with E-state index in [9.17, 15) is 9.18 Å². The average Bonchev–Trinajstić information content (AvgIpc) is 2.34. The molecule has 2 aromatic rings. The summed E-state index contributed by atoms with van der Waals surface area (Å²) in [7, 11) is 0. The Labute approximate surface area is 102 Å². The molecule has 0 unspecified atom stereocenters. The zero-order chi connectivity index (χ0) is 12.3. The van der Waals surface area contributed by atoms with Gasteiger partial charge in [0.15, 0.2) is 6.29 Å². The SMILES string of the molecule is O=Cc1cncc(Oc2ccc(F)c(Cl)c2)c1. The molecule has 1 heterocycles. The van der Waals surface area contributed by atoms with E-state index in [1.54, 1.807) is 0 Å². The molecule has 17 heavy (non-hydrogen) atoms. The van der Waals surface area contributed by atoms with Crippen LogP contribution in [0.3, 0.4) is 0 Å². The maximum absolute atomic E-state index is 12.9. The van der Waals surface area contributed by atoms with Crippen molar-refractivity contribution in [1.82, 2.24) is 4.98 Å². The highest BCUT2D eigenvalue weighted by Crippen LogP contribution is 2.25. The molecular formula is C12H7ClFNO2. The van der Waals surface area contributed by atoms with Crippen LogP contribution in [-0.4, -0.2) is 11.3 Å². The molecular weight excluding hydrogens is 245 g/mol. The number of ether oxygens (including phenoxy) is 1. The van der Waals surface area contributed by atoms with Crippen molar-refractivity contribution in [3.8, 4) is 11.5 Å². The van der Waals surface area contributed by atoms with Gasteiger partial charge in [-0.3, -0.25) is 9.78 Å². The van der Waals surface area contributed by atoms with Crippen LogP contribution in [0.4, 0.5) is 4.39 Å². The van der Waals surface area contributed by atoms with E-state index in [4.69, 9.17) is 16.3 Å². The van der Waals surface area contributed by atoms with Crippen LogP contribution in [0, 0.1) is 5.82 Å². The number of pyridine rings is 1. The Morgan fingerprint density at radius 1 is 1.24 bits per heavy atom. The molecule has 3 nitrogen and oxygen atoms in total. The highest BCUT2D eigenvalue weighted by molar-refractivity contribution is 6.30. The maximum atomic E-state index is 12.9. The van der Waals surface area contributed by atoms with Gasteiger partial charge in [0.2, 0.25) is 0 Å². The summed E-state index contributed by atoms with van der Waals surface area (Å²) < 4.78 is 18.3. The van der Waals surface area contributed by atoms with Crippen molar-refractivity contribution in [1.29, 1.82) is 0 Å². The van der Waals surface area contributed by atoms with Crippen molar-refractivity contribution in [2.24, 2.45) is 0 Å². The van der Waals surface area contributed by atoms with E-state index in [2.05, 4.69) is 4.98 Å². The Kier molecular flexibility index (Phi) is 3.35. The van der Waals surface area contributed by atoms with Crippen LogP contribution in [0.5, 0.6) is 11.5 Å². The zero-order valence-electron chi connectivity index (χ0n) is 8.56. The van der Waals surface area contributed by atoms with Gasteiger partial charge in [-0.05, 0) is 18.2 Å². The van der Waals surface area contributed by atoms with Crippen molar-refractivity contribution in [3.05, 3.63) is 53.1 Å². The van der Waals surface area contributed by atoms with Gasteiger partial charge in [0.05, 0.1) is 11.2 Å². The van der Waals surface area contributed by atoms with E-state index in [0.717, 1.165) is 0 Å². The Morgan fingerprint density at radius 2 is 2.06 bits per heavy atom. The van der Waals surface area contributed by atoms with E-state index < -0.39 is 5.82 Å². The van der Waals surface area contributed by atoms with Crippen LogP contribution in [0.15, 0.2) is 36.7 Å². The predicted octanol–water partition coefficient (Wildman–Crippen LogP) is 3.48. The van der Waals surface area contributed by atoms with Gasteiger partial charge in [0.1, 0.15) is 17.3 Å².